The van der Waals surface area contributed by atoms with Gasteiger partial charge in [-0.05, 0) is 36.6 Å². The molecule has 0 aliphatic carbocycles. The quantitative estimate of drug-likeness (QED) is 0.858. The second-order valence-electron chi connectivity index (χ2n) is 5.33. The lowest BCUT2D eigenvalue weighted by atomic mass is 10.0. The Balaban J connectivity index is 2.09. The van der Waals surface area contributed by atoms with Crippen molar-refractivity contribution in [1.29, 1.82) is 0 Å². The molecule has 0 amide bonds. The molecule has 1 unspecified atom stereocenters. The van der Waals surface area contributed by atoms with Crippen molar-refractivity contribution >= 4 is 11.8 Å². The first-order chi connectivity index (χ1) is 10.1. The third-order valence-corrected chi connectivity index (χ3v) is 3.98. The summed E-state index contributed by atoms with van der Waals surface area (Å²) in [5, 5.41) is 9.30. The third-order valence-electron chi connectivity index (χ3n) is 3.98. The predicted molar refractivity (Wildman–Crippen MR) is 75.6 cm³/mol. The van der Waals surface area contributed by atoms with Crippen LogP contribution in [0.25, 0.3) is 0 Å². The van der Waals surface area contributed by atoms with Gasteiger partial charge in [-0.2, -0.15) is 0 Å². The lowest BCUT2D eigenvalue weighted by Gasteiger charge is -2.06. The second-order valence-corrected chi connectivity index (χ2v) is 5.33. The van der Waals surface area contributed by atoms with E-state index in [1.807, 2.05) is 17.6 Å². The molecule has 3 heterocycles. The lowest BCUT2D eigenvalue weighted by molar-refractivity contribution is -0.138. The van der Waals surface area contributed by atoms with Gasteiger partial charge in [0, 0.05) is 12.2 Å². The van der Waals surface area contributed by atoms with Crippen molar-refractivity contribution in [3.05, 3.63) is 47.2 Å². The molecule has 0 fully saturated rings. The number of carboxylic acid groups (broad SMARTS) is 1. The summed E-state index contributed by atoms with van der Waals surface area (Å²) in [6.45, 7) is 2.61. The SMILES string of the molecule is CCCc1cc2n(c1C(=O)c1ccco1)CCC2C(=O)O. The average molecular weight is 287 g/mol. The van der Waals surface area contributed by atoms with Gasteiger partial charge >= 0.3 is 5.97 Å². The first-order valence-electron chi connectivity index (χ1n) is 7.16. The van der Waals surface area contributed by atoms with Crippen LogP contribution in [0.5, 0.6) is 0 Å². The summed E-state index contributed by atoms with van der Waals surface area (Å²) in [5.74, 6) is -1.21. The van der Waals surface area contributed by atoms with Gasteiger partial charge in [-0.3, -0.25) is 9.59 Å². The third kappa shape index (κ3) is 2.18. The molecule has 0 saturated heterocycles. The van der Waals surface area contributed by atoms with E-state index in [1.165, 1.54) is 6.26 Å². The number of aromatic nitrogens is 1. The van der Waals surface area contributed by atoms with Gasteiger partial charge in [-0.1, -0.05) is 13.3 Å². The standard InChI is InChI=1S/C16H17NO4/c1-2-4-10-9-12-11(16(19)20)6-7-17(12)14(10)15(18)13-5-3-8-21-13/h3,5,8-9,11H,2,4,6-7H2,1H3,(H,19,20). The highest BCUT2D eigenvalue weighted by Gasteiger charge is 2.34. The van der Waals surface area contributed by atoms with Crippen molar-refractivity contribution in [1.82, 2.24) is 4.57 Å². The van der Waals surface area contributed by atoms with Crippen LogP contribution in [0.3, 0.4) is 0 Å². The van der Waals surface area contributed by atoms with Crippen LogP contribution in [0, 0.1) is 0 Å². The molecule has 0 bridgehead atoms. The van der Waals surface area contributed by atoms with Crippen LogP contribution in [-0.4, -0.2) is 21.4 Å². The van der Waals surface area contributed by atoms with Gasteiger partial charge in [0.25, 0.3) is 0 Å². The van der Waals surface area contributed by atoms with Crippen molar-refractivity contribution in [2.45, 2.75) is 38.6 Å². The molecule has 2 aromatic rings. The number of carbonyl (C=O) groups excluding carboxylic acids is 1. The van der Waals surface area contributed by atoms with Crippen LogP contribution in [0.2, 0.25) is 0 Å². The van der Waals surface area contributed by atoms with Crippen molar-refractivity contribution in [2.24, 2.45) is 0 Å². The van der Waals surface area contributed by atoms with Crippen LogP contribution < -0.4 is 0 Å². The minimum absolute atomic E-state index is 0.166. The van der Waals surface area contributed by atoms with E-state index >= 15 is 0 Å². The lowest BCUT2D eigenvalue weighted by Crippen LogP contribution is -2.11. The van der Waals surface area contributed by atoms with Crippen LogP contribution in [0.15, 0.2) is 28.9 Å². The van der Waals surface area contributed by atoms with E-state index in [1.54, 1.807) is 12.1 Å². The van der Waals surface area contributed by atoms with Gasteiger partial charge in [0.05, 0.1) is 17.9 Å². The number of nitrogens with zero attached hydrogens (tertiary/aromatic N) is 1. The molecule has 110 valence electrons. The molecular formula is C16H17NO4. The fourth-order valence-electron chi connectivity index (χ4n) is 3.07. The van der Waals surface area contributed by atoms with Crippen LogP contribution in [0.4, 0.5) is 0 Å². The molecule has 21 heavy (non-hydrogen) atoms. The Bertz CT molecular complexity index is 681. The Hall–Kier alpha value is -2.30. The number of hydrogen-bond donors (Lipinski definition) is 1. The summed E-state index contributed by atoms with van der Waals surface area (Å²) in [4.78, 5) is 24.0. The number of aryl methyl sites for hydroxylation is 1. The molecule has 1 aliphatic heterocycles. The van der Waals surface area contributed by atoms with Gasteiger partial charge in [0.15, 0.2) is 5.76 Å². The Kier molecular flexibility index (Phi) is 3.41. The number of carboxylic acids is 1. The van der Waals surface area contributed by atoms with E-state index < -0.39 is 11.9 Å². The Morgan fingerprint density at radius 3 is 2.90 bits per heavy atom. The number of ketones is 1. The maximum atomic E-state index is 12.6. The molecule has 0 saturated carbocycles. The summed E-state index contributed by atoms with van der Waals surface area (Å²) >= 11 is 0. The number of hydrogen-bond acceptors (Lipinski definition) is 3. The van der Waals surface area contributed by atoms with Crippen molar-refractivity contribution in [2.75, 3.05) is 0 Å². The zero-order valence-corrected chi connectivity index (χ0v) is 11.8. The van der Waals surface area contributed by atoms with Gasteiger partial charge in [-0.25, -0.2) is 0 Å². The van der Waals surface area contributed by atoms with E-state index in [-0.39, 0.29) is 5.78 Å². The van der Waals surface area contributed by atoms with E-state index in [9.17, 15) is 14.7 Å². The van der Waals surface area contributed by atoms with Crippen molar-refractivity contribution in [3.8, 4) is 0 Å². The molecule has 5 heteroatoms. The predicted octanol–water partition coefficient (Wildman–Crippen LogP) is 2.84. The van der Waals surface area contributed by atoms with E-state index in [2.05, 4.69) is 0 Å². The zero-order valence-electron chi connectivity index (χ0n) is 11.8. The van der Waals surface area contributed by atoms with Crippen LogP contribution in [0.1, 0.15) is 53.2 Å². The van der Waals surface area contributed by atoms with E-state index in [4.69, 9.17) is 4.42 Å². The van der Waals surface area contributed by atoms with Crippen LogP contribution >= 0.6 is 0 Å². The summed E-state index contributed by atoms with van der Waals surface area (Å²) in [5.41, 5.74) is 2.24. The number of aliphatic carboxylic acids is 1. The van der Waals surface area contributed by atoms with Crippen molar-refractivity contribution in [3.63, 3.8) is 0 Å². The van der Waals surface area contributed by atoms with E-state index in [0.29, 0.717) is 24.4 Å². The molecule has 1 aliphatic rings. The first kappa shape index (κ1) is 13.7. The minimum atomic E-state index is -0.828. The van der Waals surface area contributed by atoms with Crippen molar-refractivity contribution < 1.29 is 19.1 Å². The van der Waals surface area contributed by atoms with Gasteiger partial charge in [0.2, 0.25) is 5.78 Å². The largest absolute Gasteiger partial charge is 0.481 e. The molecular weight excluding hydrogens is 270 g/mol. The Morgan fingerprint density at radius 1 is 1.48 bits per heavy atom. The average Bonchev–Trinajstić information content (AvgIpc) is 3.13. The Morgan fingerprint density at radius 2 is 2.29 bits per heavy atom. The van der Waals surface area contributed by atoms with Gasteiger partial charge < -0.3 is 14.1 Å². The smallest absolute Gasteiger partial charge is 0.312 e. The summed E-state index contributed by atoms with van der Waals surface area (Å²) in [7, 11) is 0. The topological polar surface area (TPSA) is 72.4 Å². The minimum Gasteiger partial charge on any atom is -0.481 e. The summed E-state index contributed by atoms with van der Waals surface area (Å²) in [6.07, 6.45) is 3.67. The van der Waals surface area contributed by atoms with E-state index in [0.717, 1.165) is 24.1 Å². The Labute approximate surface area is 122 Å². The molecule has 0 spiro atoms. The maximum Gasteiger partial charge on any atom is 0.312 e. The summed E-state index contributed by atoms with van der Waals surface area (Å²) in [6, 6.07) is 5.20. The highest BCUT2D eigenvalue weighted by molar-refractivity contribution is 6.07. The molecule has 5 nitrogen and oxygen atoms in total. The first-order valence-corrected chi connectivity index (χ1v) is 7.16. The normalized spacial score (nSPS) is 16.9. The fourth-order valence-corrected chi connectivity index (χ4v) is 3.07. The van der Waals surface area contributed by atoms with Gasteiger partial charge in [-0.15, -0.1) is 0 Å². The molecule has 1 N–H and O–H groups in total. The van der Waals surface area contributed by atoms with Gasteiger partial charge in [0.1, 0.15) is 0 Å². The zero-order chi connectivity index (χ0) is 15.0. The molecule has 3 rings (SSSR count). The maximum absolute atomic E-state index is 12.6. The highest BCUT2D eigenvalue weighted by atomic mass is 16.4. The van der Waals surface area contributed by atoms with Crippen LogP contribution in [-0.2, 0) is 17.8 Å². The molecule has 2 aromatic heterocycles. The number of fused-ring (bicyclic) bond motifs is 1. The molecule has 1 atom stereocenters. The number of furan rings is 1. The second kappa shape index (κ2) is 5.24. The number of rotatable bonds is 5. The summed E-state index contributed by atoms with van der Waals surface area (Å²) < 4.78 is 7.06. The fraction of sp³-hybridized carbons (Fsp3) is 0.375. The number of carbonyl (C=O) groups is 2. The highest BCUT2D eigenvalue weighted by Crippen LogP contribution is 2.34. The molecule has 0 radical (unpaired) electrons. The monoisotopic (exact) mass is 287 g/mol. The molecule has 0 aromatic carbocycles.